The summed E-state index contributed by atoms with van der Waals surface area (Å²) in [6.45, 7) is 11.0. The van der Waals surface area contributed by atoms with E-state index in [-0.39, 0.29) is 19.8 Å². The largest absolute Gasteiger partial charge is 0.460 e. The number of Topliss-reactive ketones (excluding diaryl/α,β-unsaturated/α-hetero) is 1. The lowest BCUT2D eigenvalue weighted by atomic mass is 10.2. The average molecular weight is 290 g/mol. The van der Waals surface area contributed by atoms with Crippen LogP contribution in [0.3, 0.4) is 0 Å². The Bertz CT molecular complexity index is 301. The molecule has 0 spiro atoms. The van der Waals surface area contributed by atoms with E-state index in [2.05, 4.69) is 0 Å². The van der Waals surface area contributed by atoms with Crippen LogP contribution in [0.5, 0.6) is 0 Å². The lowest BCUT2D eigenvalue weighted by Gasteiger charge is -2.30. The minimum atomic E-state index is -1.82. The molecule has 0 unspecified atom stereocenters. The van der Waals surface area contributed by atoms with Crippen molar-refractivity contribution >= 4 is 11.8 Å². The van der Waals surface area contributed by atoms with Gasteiger partial charge in [-0.25, -0.2) is 0 Å². The summed E-state index contributed by atoms with van der Waals surface area (Å²) < 4.78 is 21.0. The Morgan fingerprint density at radius 2 is 1.25 bits per heavy atom. The number of carbonyl (C=O) groups excluding carboxylic acids is 2. The first-order chi connectivity index (χ1) is 9.20. The molecule has 0 aliphatic rings. The second-order valence-corrected chi connectivity index (χ2v) is 5.04. The zero-order valence-corrected chi connectivity index (χ0v) is 13.3. The minimum Gasteiger partial charge on any atom is -0.460 e. The summed E-state index contributed by atoms with van der Waals surface area (Å²) in [7, 11) is 0. The normalized spacial score (nSPS) is 12.3. The van der Waals surface area contributed by atoms with E-state index in [9.17, 15) is 9.59 Å². The van der Waals surface area contributed by atoms with Crippen molar-refractivity contribution in [2.45, 2.75) is 59.5 Å². The predicted octanol–water partition coefficient (Wildman–Crippen LogP) is 2.05. The first-order valence-corrected chi connectivity index (χ1v) is 6.87. The summed E-state index contributed by atoms with van der Waals surface area (Å²) in [6, 6.07) is 0. The second-order valence-electron chi connectivity index (χ2n) is 5.04. The Morgan fingerprint density at radius 3 is 1.55 bits per heavy atom. The van der Waals surface area contributed by atoms with E-state index in [1.165, 1.54) is 0 Å². The molecule has 6 heteroatoms. The molecule has 0 bridgehead atoms. The third kappa shape index (κ3) is 6.45. The summed E-state index contributed by atoms with van der Waals surface area (Å²) >= 11 is 0. The van der Waals surface area contributed by atoms with Crippen molar-refractivity contribution in [2.24, 2.45) is 0 Å². The first-order valence-electron chi connectivity index (χ1n) is 6.87. The molecule has 0 aliphatic carbocycles. The van der Waals surface area contributed by atoms with Crippen molar-refractivity contribution in [3.63, 3.8) is 0 Å². The Balaban J connectivity index is 4.89. The van der Waals surface area contributed by atoms with Crippen LogP contribution in [0.15, 0.2) is 0 Å². The van der Waals surface area contributed by atoms with Crippen molar-refractivity contribution in [3.05, 3.63) is 0 Å². The Morgan fingerprint density at radius 1 is 0.850 bits per heavy atom. The Kier molecular flexibility index (Phi) is 7.93. The van der Waals surface area contributed by atoms with Gasteiger partial charge in [0.25, 0.3) is 0 Å². The van der Waals surface area contributed by atoms with Crippen LogP contribution >= 0.6 is 0 Å². The lowest BCUT2D eigenvalue weighted by molar-refractivity contribution is -0.349. The zero-order chi connectivity index (χ0) is 15.8. The molecule has 6 nitrogen and oxygen atoms in total. The molecule has 0 atom stereocenters. The molecule has 0 rings (SSSR count). The number of hydrogen-bond donors (Lipinski definition) is 0. The predicted molar refractivity (Wildman–Crippen MR) is 73.1 cm³/mol. The number of rotatable bonds is 9. The Hall–Kier alpha value is -0.980. The highest BCUT2D eigenvalue weighted by atomic mass is 16.9. The van der Waals surface area contributed by atoms with Crippen LogP contribution in [-0.2, 0) is 28.5 Å². The number of esters is 1. The van der Waals surface area contributed by atoms with Crippen LogP contribution in [0, 0.1) is 0 Å². The molecule has 0 saturated carbocycles. The first kappa shape index (κ1) is 19.0. The molecule has 0 amide bonds. The lowest BCUT2D eigenvalue weighted by Crippen LogP contribution is -2.48. The Labute approximate surface area is 120 Å². The van der Waals surface area contributed by atoms with Crippen molar-refractivity contribution in [1.82, 2.24) is 0 Å². The van der Waals surface area contributed by atoms with Gasteiger partial charge in [-0.1, -0.05) is 0 Å². The van der Waals surface area contributed by atoms with E-state index >= 15 is 0 Å². The molecule has 0 aliphatic heterocycles. The average Bonchev–Trinajstić information content (AvgIpc) is 2.26. The SMILES string of the molecule is CCOC(OCC)(OCC)C(=O)CC(=O)OC(C)(C)C. The van der Waals surface area contributed by atoms with Gasteiger partial charge in [0.15, 0.2) is 0 Å². The number of ketones is 1. The highest BCUT2D eigenvalue weighted by Crippen LogP contribution is 2.20. The molecule has 0 aromatic carbocycles. The third-order valence-corrected chi connectivity index (χ3v) is 2.07. The molecule has 0 fully saturated rings. The van der Waals surface area contributed by atoms with Gasteiger partial charge in [-0.05, 0) is 41.5 Å². The maximum Gasteiger partial charge on any atom is 0.347 e. The van der Waals surface area contributed by atoms with Crippen LogP contribution in [0.2, 0.25) is 0 Å². The van der Waals surface area contributed by atoms with Crippen LogP contribution in [0.4, 0.5) is 0 Å². The minimum absolute atomic E-state index is 0.222. The fourth-order valence-electron chi connectivity index (χ4n) is 1.55. The van der Waals surface area contributed by atoms with E-state index in [1.807, 2.05) is 0 Å². The van der Waals surface area contributed by atoms with E-state index in [0.717, 1.165) is 0 Å². The zero-order valence-electron chi connectivity index (χ0n) is 13.3. The van der Waals surface area contributed by atoms with Crippen LogP contribution in [0.25, 0.3) is 0 Å². The van der Waals surface area contributed by atoms with Crippen LogP contribution in [-0.4, -0.2) is 43.1 Å². The topological polar surface area (TPSA) is 71.1 Å². The molecular weight excluding hydrogens is 264 g/mol. The molecule has 0 saturated heterocycles. The number of carbonyl (C=O) groups is 2. The molecule has 0 N–H and O–H groups in total. The summed E-state index contributed by atoms with van der Waals surface area (Å²) in [5, 5.41) is 0. The van der Waals surface area contributed by atoms with Gasteiger partial charge in [-0.15, -0.1) is 0 Å². The van der Waals surface area contributed by atoms with E-state index < -0.39 is 29.7 Å². The molecule has 20 heavy (non-hydrogen) atoms. The van der Waals surface area contributed by atoms with E-state index in [1.54, 1.807) is 41.5 Å². The summed E-state index contributed by atoms with van der Waals surface area (Å²) in [5.41, 5.74) is -0.650. The smallest absolute Gasteiger partial charge is 0.347 e. The van der Waals surface area contributed by atoms with Gasteiger partial charge in [0.2, 0.25) is 5.78 Å². The van der Waals surface area contributed by atoms with Crippen molar-refractivity contribution in [3.8, 4) is 0 Å². The molecule has 0 radical (unpaired) electrons. The van der Waals surface area contributed by atoms with Gasteiger partial charge in [0.1, 0.15) is 12.0 Å². The van der Waals surface area contributed by atoms with Crippen LogP contribution < -0.4 is 0 Å². The van der Waals surface area contributed by atoms with Gasteiger partial charge in [0.05, 0.1) is 19.8 Å². The fourth-order valence-corrected chi connectivity index (χ4v) is 1.55. The van der Waals surface area contributed by atoms with Crippen molar-refractivity contribution in [1.29, 1.82) is 0 Å². The monoisotopic (exact) mass is 290 g/mol. The van der Waals surface area contributed by atoms with Gasteiger partial charge >= 0.3 is 11.9 Å². The highest BCUT2D eigenvalue weighted by Gasteiger charge is 2.43. The number of hydrogen-bond acceptors (Lipinski definition) is 6. The van der Waals surface area contributed by atoms with Gasteiger partial charge < -0.3 is 18.9 Å². The van der Waals surface area contributed by atoms with Gasteiger partial charge in [-0.2, -0.15) is 0 Å². The quantitative estimate of drug-likeness (QED) is 0.368. The third-order valence-electron chi connectivity index (χ3n) is 2.07. The van der Waals surface area contributed by atoms with Gasteiger partial charge in [0, 0.05) is 0 Å². The summed E-state index contributed by atoms with van der Waals surface area (Å²) in [4.78, 5) is 24.0. The molecule has 0 heterocycles. The van der Waals surface area contributed by atoms with Crippen LogP contribution in [0.1, 0.15) is 48.0 Å². The molecule has 0 aromatic rings. The summed E-state index contributed by atoms with van der Waals surface area (Å²) in [5.74, 6) is -3.06. The number of ether oxygens (including phenoxy) is 4. The fraction of sp³-hybridized carbons (Fsp3) is 0.857. The second kappa shape index (κ2) is 8.34. The molecule has 118 valence electrons. The molecule has 0 aromatic heterocycles. The standard InChI is InChI=1S/C14H26O6/c1-7-17-14(18-8-2,19-9-3)11(15)10-12(16)20-13(4,5)6/h7-10H2,1-6H3. The highest BCUT2D eigenvalue weighted by molar-refractivity contribution is 5.98. The molecular formula is C14H26O6. The maximum absolute atomic E-state index is 12.3. The van der Waals surface area contributed by atoms with Crippen molar-refractivity contribution < 1.29 is 28.5 Å². The van der Waals surface area contributed by atoms with Crippen molar-refractivity contribution in [2.75, 3.05) is 19.8 Å². The van der Waals surface area contributed by atoms with Gasteiger partial charge in [-0.3, -0.25) is 9.59 Å². The maximum atomic E-state index is 12.3. The van der Waals surface area contributed by atoms with E-state index in [4.69, 9.17) is 18.9 Å². The summed E-state index contributed by atoms with van der Waals surface area (Å²) in [6.07, 6.45) is -0.461. The van der Waals surface area contributed by atoms with E-state index in [0.29, 0.717) is 0 Å².